The molecule has 2 aliphatic rings. The highest BCUT2D eigenvalue weighted by Crippen LogP contribution is 2.33. The molecule has 1 heterocycles. The zero-order chi connectivity index (χ0) is 14.9. The van der Waals surface area contributed by atoms with Crippen LogP contribution in [0, 0.1) is 0 Å². The Bertz CT molecular complexity index is 535. The predicted molar refractivity (Wildman–Crippen MR) is 81.7 cm³/mol. The van der Waals surface area contributed by atoms with Gasteiger partial charge in [-0.15, -0.1) is 0 Å². The molecule has 0 radical (unpaired) electrons. The second-order valence-electron chi connectivity index (χ2n) is 6.31. The van der Waals surface area contributed by atoms with Gasteiger partial charge in [0.1, 0.15) is 5.75 Å². The molecule has 1 aromatic carbocycles. The van der Waals surface area contributed by atoms with Gasteiger partial charge in [-0.2, -0.15) is 0 Å². The minimum absolute atomic E-state index is 0.0155. The summed E-state index contributed by atoms with van der Waals surface area (Å²) in [7, 11) is 1.78. The van der Waals surface area contributed by atoms with E-state index >= 15 is 0 Å². The molecule has 1 fully saturated rings. The molecule has 0 spiro atoms. The highest BCUT2D eigenvalue weighted by Gasteiger charge is 2.33. The van der Waals surface area contributed by atoms with Crippen molar-refractivity contribution in [3.05, 3.63) is 23.8 Å². The van der Waals surface area contributed by atoms with Crippen LogP contribution in [0.3, 0.4) is 0 Å². The Morgan fingerprint density at radius 2 is 2.10 bits per heavy atom. The maximum absolute atomic E-state index is 12.5. The Labute approximate surface area is 125 Å². The van der Waals surface area contributed by atoms with E-state index in [-0.39, 0.29) is 12.3 Å². The molecule has 0 atom stereocenters. The van der Waals surface area contributed by atoms with Crippen LogP contribution in [0.4, 0.5) is 5.69 Å². The topological polar surface area (TPSA) is 49.8 Å². The molecule has 1 aliphatic carbocycles. The van der Waals surface area contributed by atoms with E-state index < -0.39 is 5.60 Å². The van der Waals surface area contributed by atoms with Gasteiger partial charge >= 0.3 is 0 Å². The molecule has 1 amide bonds. The number of amides is 1. The van der Waals surface area contributed by atoms with E-state index in [1.807, 2.05) is 18.2 Å². The highest BCUT2D eigenvalue weighted by atomic mass is 16.5. The Kier molecular flexibility index (Phi) is 3.89. The lowest BCUT2D eigenvalue weighted by Gasteiger charge is -2.33. The number of rotatable bonds is 3. The van der Waals surface area contributed by atoms with Crippen LogP contribution in [-0.4, -0.2) is 30.3 Å². The molecular formula is C17H23NO3. The standard InChI is InChI=1S/C17H23NO3/c1-18(14-5-6-15-13(11-14)7-10-21-15)16(19)12-17(20)8-3-2-4-9-17/h5-6,11,20H,2-4,7-10,12H2,1H3. The molecule has 4 heteroatoms. The summed E-state index contributed by atoms with van der Waals surface area (Å²) in [6.45, 7) is 0.718. The number of benzene rings is 1. The molecule has 1 N–H and O–H groups in total. The molecule has 21 heavy (non-hydrogen) atoms. The predicted octanol–water partition coefficient (Wildman–Crippen LogP) is 2.67. The van der Waals surface area contributed by atoms with Crippen molar-refractivity contribution in [1.29, 1.82) is 0 Å². The molecular weight excluding hydrogens is 266 g/mol. The molecule has 3 rings (SSSR count). The lowest BCUT2D eigenvalue weighted by Crippen LogP contribution is -2.39. The number of nitrogens with zero attached hydrogens (tertiary/aromatic N) is 1. The van der Waals surface area contributed by atoms with Crippen molar-refractivity contribution in [3.8, 4) is 5.75 Å². The number of fused-ring (bicyclic) bond motifs is 1. The van der Waals surface area contributed by atoms with Gasteiger partial charge in [-0.05, 0) is 36.6 Å². The summed E-state index contributed by atoms with van der Waals surface area (Å²) in [5.74, 6) is 0.906. The van der Waals surface area contributed by atoms with Crippen LogP contribution in [-0.2, 0) is 11.2 Å². The third-order valence-electron chi connectivity index (χ3n) is 4.70. The van der Waals surface area contributed by atoms with Crippen LogP contribution in [0.2, 0.25) is 0 Å². The fourth-order valence-electron chi connectivity index (χ4n) is 3.31. The van der Waals surface area contributed by atoms with Crippen LogP contribution in [0.1, 0.15) is 44.1 Å². The lowest BCUT2D eigenvalue weighted by atomic mass is 9.82. The monoisotopic (exact) mass is 289 g/mol. The SMILES string of the molecule is CN(C(=O)CC1(O)CCCCC1)c1ccc2c(c1)CCO2. The summed E-state index contributed by atoms with van der Waals surface area (Å²) >= 11 is 0. The Morgan fingerprint density at radius 3 is 2.86 bits per heavy atom. The van der Waals surface area contributed by atoms with Gasteiger partial charge in [0, 0.05) is 19.2 Å². The number of carbonyl (C=O) groups excluding carboxylic acids is 1. The minimum atomic E-state index is -0.802. The largest absolute Gasteiger partial charge is 0.493 e. The Balaban J connectivity index is 1.69. The fourth-order valence-corrected chi connectivity index (χ4v) is 3.31. The smallest absolute Gasteiger partial charge is 0.229 e. The van der Waals surface area contributed by atoms with Crippen molar-refractivity contribution in [2.45, 2.75) is 50.5 Å². The van der Waals surface area contributed by atoms with Crippen molar-refractivity contribution in [2.24, 2.45) is 0 Å². The van der Waals surface area contributed by atoms with E-state index in [0.29, 0.717) is 0 Å². The first-order valence-electron chi connectivity index (χ1n) is 7.82. The molecule has 0 aromatic heterocycles. The van der Waals surface area contributed by atoms with Gasteiger partial charge in [0.05, 0.1) is 18.6 Å². The summed E-state index contributed by atoms with van der Waals surface area (Å²) in [5, 5.41) is 10.5. The van der Waals surface area contributed by atoms with E-state index in [9.17, 15) is 9.90 Å². The Hall–Kier alpha value is -1.55. The fraction of sp³-hybridized carbons (Fsp3) is 0.588. The summed E-state index contributed by atoms with van der Waals surface area (Å²) in [6, 6.07) is 5.86. The third kappa shape index (κ3) is 3.05. The van der Waals surface area contributed by atoms with Gasteiger partial charge in [-0.25, -0.2) is 0 Å². The second-order valence-corrected chi connectivity index (χ2v) is 6.31. The van der Waals surface area contributed by atoms with E-state index in [0.717, 1.165) is 62.1 Å². The molecule has 1 aromatic rings. The zero-order valence-electron chi connectivity index (χ0n) is 12.6. The molecule has 0 bridgehead atoms. The number of hydrogen-bond donors (Lipinski definition) is 1. The van der Waals surface area contributed by atoms with Gasteiger partial charge in [0.15, 0.2) is 0 Å². The first kappa shape index (κ1) is 14.4. The molecule has 4 nitrogen and oxygen atoms in total. The number of aliphatic hydroxyl groups is 1. The van der Waals surface area contributed by atoms with Crippen LogP contribution in [0.15, 0.2) is 18.2 Å². The van der Waals surface area contributed by atoms with Gasteiger partial charge in [0.25, 0.3) is 0 Å². The average molecular weight is 289 g/mol. The van der Waals surface area contributed by atoms with Gasteiger partial charge in [-0.3, -0.25) is 4.79 Å². The average Bonchev–Trinajstić information content (AvgIpc) is 2.94. The van der Waals surface area contributed by atoms with E-state index in [2.05, 4.69) is 0 Å². The van der Waals surface area contributed by atoms with Crippen LogP contribution in [0.5, 0.6) is 5.75 Å². The van der Waals surface area contributed by atoms with Crippen molar-refractivity contribution < 1.29 is 14.6 Å². The van der Waals surface area contributed by atoms with Crippen molar-refractivity contribution in [2.75, 3.05) is 18.6 Å². The van der Waals surface area contributed by atoms with Crippen LogP contribution in [0.25, 0.3) is 0 Å². The van der Waals surface area contributed by atoms with Gasteiger partial charge < -0.3 is 14.7 Å². The van der Waals surface area contributed by atoms with Crippen molar-refractivity contribution in [1.82, 2.24) is 0 Å². The quantitative estimate of drug-likeness (QED) is 0.930. The minimum Gasteiger partial charge on any atom is -0.493 e. The summed E-state index contributed by atoms with van der Waals surface area (Å²) in [5.41, 5.74) is 1.23. The zero-order valence-corrected chi connectivity index (χ0v) is 12.6. The molecule has 0 saturated heterocycles. The van der Waals surface area contributed by atoms with Crippen molar-refractivity contribution in [3.63, 3.8) is 0 Å². The second kappa shape index (κ2) is 5.68. The number of anilines is 1. The normalized spacial score (nSPS) is 19.7. The number of hydrogen-bond acceptors (Lipinski definition) is 3. The molecule has 1 aliphatic heterocycles. The maximum atomic E-state index is 12.5. The molecule has 0 unspecified atom stereocenters. The first-order valence-corrected chi connectivity index (χ1v) is 7.82. The molecule has 114 valence electrons. The first-order chi connectivity index (χ1) is 10.1. The van der Waals surface area contributed by atoms with Gasteiger partial charge in [0.2, 0.25) is 5.91 Å². The van der Waals surface area contributed by atoms with Crippen LogP contribution < -0.4 is 9.64 Å². The highest BCUT2D eigenvalue weighted by molar-refractivity contribution is 5.93. The van der Waals surface area contributed by atoms with E-state index in [4.69, 9.17) is 4.74 Å². The molecule has 1 saturated carbocycles. The summed E-state index contributed by atoms with van der Waals surface area (Å²) < 4.78 is 5.49. The van der Waals surface area contributed by atoms with E-state index in [1.165, 1.54) is 0 Å². The summed E-state index contributed by atoms with van der Waals surface area (Å²) in [4.78, 5) is 14.1. The Morgan fingerprint density at radius 1 is 1.33 bits per heavy atom. The lowest BCUT2D eigenvalue weighted by molar-refractivity contribution is -0.124. The number of carbonyl (C=O) groups is 1. The number of ether oxygens (including phenoxy) is 1. The maximum Gasteiger partial charge on any atom is 0.229 e. The third-order valence-corrected chi connectivity index (χ3v) is 4.70. The van der Waals surface area contributed by atoms with Crippen LogP contribution >= 0.6 is 0 Å². The summed E-state index contributed by atoms with van der Waals surface area (Å²) in [6.07, 6.45) is 5.80. The van der Waals surface area contributed by atoms with E-state index in [1.54, 1.807) is 11.9 Å². The van der Waals surface area contributed by atoms with Gasteiger partial charge in [-0.1, -0.05) is 19.3 Å². The van der Waals surface area contributed by atoms with Crippen molar-refractivity contribution >= 4 is 11.6 Å².